The van der Waals surface area contributed by atoms with Gasteiger partial charge in [-0.05, 0) is 52.0 Å². The molecule has 0 saturated carbocycles. The highest BCUT2D eigenvalue weighted by Gasteiger charge is 2.15. The monoisotopic (exact) mass is 221 g/mol. The lowest BCUT2D eigenvalue weighted by Gasteiger charge is -2.29. The fourth-order valence-electron chi connectivity index (χ4n) is 2.38. The van der Waals surface area contributed by atoms with E-state index in [2.05, 4.69) is 47.1 Å². The molecule has 1 aliphatic rings. The Labute approximate surface area is 98.4 Å². The van der Waals surface area contributed by atoms with Gasteiger partial charge in [0.15, 0.2) is 0 Å². The summed E-state index contributed by atoms with van der Waals surface area (Å²) in [5.41, 5.74) is 1.40. The molecule has 1 aromatic rings. The summed E-state index contributed by atoms with van der Waals surface area (Å²) in [5.74, 6) is 0. The standard InChI is InChI=1S/C13H23N3/c1-3-16-8-4-5-13(16)11-14-12-6-9-15(2)10-7-12/h4-5,8,12,14H,3,6-7,9-11H2,1-2H3. The summed E-state index contributed by atoms with van der Waals surface area (Å²) in [7, 11) is 2.21. The Bertz CT molecular complexity index is 311. The van der Waals surface area contributed by atoms with Crippen molar-refractivity contribution < 1.29 is 0 Å². The molecule has 16 heavy (non-hydrogen) atoms. The van der Waals surface area contributed by atoms with Crippen LogP contribution in [0.25, 0.3) is 0 Å². The smallest absolute Gasteiger partial charge is 0.0361 e. The summed E-state index contributed by atoms with van der Waals surface area (Å²) in [6, 6.07) is 5.05. The number of hydrogen-bond acceptors (Lipinski definition) is 2. The van der Waals surface area contributed by atoms with Gasteiger partial charge in [-0.1, -0.05) is 0 Å². The van der Waals surface area contributed by atoms with Crippen molar-refractivity contribution in [1.82, 2.24) is 14.8 Å². The maximum absolute atomic E-state index is 3.67. The highest BCUT2D eigenvalue weighted by Crippen LogP contribution is 2.09. The lowest BCUT2D eigenvalue weighted by molar-refractivity contribution is 0.233. The molecule has 1 N–H and O–H groups in total. The van der Waals surface area contributed by atoms with Gasteiger partial charge in [-0.25, -0.2) is 0 Å². The maximum Gasteiger partial charge on any atom is 0.0361 e. The molecule has 0 spiro atoms. The molecular formula is C13H23N3. The van der Waals surface area contributed by atoms with Crippen LogP contribution in [-0.4, -0.2) is 35.6 Å². The van der Waals surface area contributed by atoms with Crippen molar-refractivity contribution in [2.75, 3.05) is 20.1 Å². The molecule has 0 amide bonds. The molecule has 2 rings (SSSR count). The minimum Gasteiger partial charge on any atom is -0.351 e. The zero-order valence-corrected chi connectivity index (χ0v) is 10.4. The van der Waals surface area contributed by atoms with E-state index < -0.39 is 0 Å². The van der Waals surface area contributed by atoms with Crippen molar-refractivity contribution >= 4 is 0 Å². The quantitative estimate of drug-likeness (QED) is 0.835. The lowest BCUT2D eigenvalue weighted by Crippen LogP contribution is -2.40. The van der Waals surface area contributed by atoms with E-state index in [4.69, 9.17) is 0 Å². The summed E-state index contributed by atoms with van der Waals surface area (Å²) in [5, 5.41) is 3.67. The Kier molecular flexibility index (Phi) is 4.02. The number of likely N-dealkylation sites (tertiary alicyclic amines) is 1. The van der Waals surface area contributed by atoms with Gasteiger partial charge >= 0.3 is 0 Å². The predicted molar refractivity (Wildman–Crippen MR) is 67.5 cm³/mol. The zero-order valence-electron chi connectivity index (χ0n) is 10.4. The lowest BCUT2D eigenvalue weighted by atomic mass is 10.1. The average molecular weight is 221 g/mol. The molecule has 3 nitrogen and oxygen atoms in total. The van der Waals surface area contributed by atoms with Gasteiger partial charge in [0.05, 0.1) is 0 Å². The Morgan fingerprint density at radius 3 is 2.81 bits per heavy atom. The van der Waals surface area contributed by atoms with Crippen LogP contribution in [0.5, 0.6) is 0 Å². The molecule has 2 heterocycles. The summed E-state index contributed by atoms with van der Waals surface area (Å²) in [6.07, 6.45) is 4.72. The molecule has 0 radical (unpaired) electrons. The first-order valence-electron chi connectivity index (χ1n) is 6.35. The fraction of sp³-hybridized carbons (Fsp3) is 0.692. The van der Waals surface area contributed by atoms with Gasteiger partial charge in [-0.2, -0.15) is 0 Å². The SMILES string of the molecule is CCn1cccc1CNC1CCN(C)CC1. The highest BCUT2D eigenvalue weighted by atomic mass is 15.1. The van der Waals surface area contributed by atoms with E-state index in [9.17, 15) is 0 Å². The van der Waals surface area contributed by atoms with Gasteiger partial charge < -0.3 is 14.8 Å². The number of aromatic nitrogens is 1. The van der Waals surface area contributed by atoms with Crippen LogP contribution in [0.1, 0.15) is 25.5 Å². The molecule has 3 heteroatoms. The van der Waals surface area contributed by atoms with Crippen molar-refractivity contribution in [3.05, 3.63) is 24.0 Å². The van der Waals surface area contributed by atoms with Crippen LogP contribution in [0, 0.1) is 0 Å². The largest absolute Gasteiger partial charge is 0.351 e. The Morgan fingerprint density at radius 2 is 2.12 bits per heavy atom. The summed E-state index contributed by atoms with van der Waals surface area (Å²) in [6.45, 7) is 6.73. The number of aryl methyl sites for hydroxylation is 1. The van der Waals surface area contributed by atoms with Crippen LogP contribution in [0.4, 0.5) is 0 Å². The van der Waals surface area contributed by atoms with Crippen molar-refractivity contribution in [3.8, 4) is 0 Å². The van der Waals surface area contributed by atoms with Crippen LogP contribution in [-0.2, 0) is 13.1 Å². The first-order chi connectivity index (χ1) is 7.79. The van der Waals surface area contributed by atoms with E-state index in [0.717, 1.165) is 13.1 Å². The van der Waals surface area contributed by atoms with Gasteiger partial charge in [0, 0.05) is 31.0 Å². The van der Waals surface area contributed by atoms with Crippen molar-refractivity contribution in [3.63, 3.8) is 0 Å². The number of nitrogens with zero attached hydrogens (tertiary/aromatic N) is 2. The van der Waals surface area contributed by atoms with Crippen LogP contribution in [0.3, 0.4) is 0 Å². The van der Waals surface area contributed by atoms with Crippen LogP contribution < -0.4 is 5.32 Å². The van der Waals surface area contributed by atoms with Gasteiger partial charge in [-0.15, -0.1) is 0 Å². The minimum atomic E-state index is 0.705. The third-order valence-electron chi connectivity index (χ3n) is 3.55. The van der Waals surface area contributed by atoms with E-state index in [1.165, 1.54) is 31.6 Å². The number of piperidine rings is 1. The normalized spacial score (nSPS) is 19.1. The van der Waals surface area contributed by atoms with E-state index in [1.54, 1.807) is 0 Å². The molecule has 0 bridgehead atoms. The molecule has 1 aliphatic heterocycles. The van der Waals surface area contributed by atoms with Gasteiger partial charge in [0.1, 0.15) is 0 Å². The Balaban J connectivity index is 1.79. The number of nitrogens with one attached hydrogen (secondary N) is 1. The van der Waals surface area contributed by atoms with E-state index in [-0.39, 0.29) is 0 Å². The molecule has 0 unspecified atom stereocenters. The van der Waals surface area contributed by atoms with E-state index in [1.807, 2.05) is 0 Å². The summed E-state index contributed by atoms with van der Waals surface area (Å²) >= 11 is 0. The first-order valence-corrected chi connectivity index (χ1v) is 6.35. The van der Waals surface area contributed by atoms with Crippen molar-refractivity contribution in [2.45, 2.75) is 38.9 Å². The second kappa shape index (κ2) is 5.51. The first kappa shape index (κ1) is 11.7. The molecule has 0 aromatic carbocycles. The second-order valence-electron chi connectivity index (χ2n) is 4.74. The molecule has 0 atom stereocenters. The third kappa shape index (κ3) is 2.86. The molecule has 90 valence electrons. The van der Waals surface area contributed by atoms with Gasteiger partial charge in [0.25, 0.3) is 0 Å². The predicted octanol–water partition coefficient (Wildman–Crippen LogP) is 1.69. The van der Waals surface area contributed by atoms with Gasteiger partial charge in [-0.3, -0.25) is 0 Å². The fourth-order valence-corrected chi connectivity index (χ4v) is 2.38. The number of rotatable bonds is 4. The summed E-state index contributed by atoms with van der Waals surface area (Å²) < 4.78 is 2.31. The Hall–Kier alpha value is -0.800. The summed E-state index contributed by atoms with van der Waals surface area (Å²) in [4.78, 5) is 2.41. The van der Waals surface area contributed by atoms with E-state index >= 15 is 0 Å². The average Bonchev–Trinajstić information content (AvgIpc) is 2.76. The topological polar surface area (TPSA) is 20.2 Å². The molecule has 0 aliphatic carbocycles. The molecule has 1 aromatic heterocycles. The van der Waals surface area contributed by atoms with Crippen LogP contribution in [0.15, 0.2) is 18.3 Å². The van der Waals surface area contributed by atoms with Crippen molar-refractivity contribution in [1.29, 1.82) is 0 Å². The van der Waals surface area contributed by atoms with Crippen molar-refractivity contribution in [2.24, 2.45) is 0 Å². The van der Waals surface area contributed by atoms with E-state index in [0.29, 0.717) is 6.04 Å². The third-order valence-corrected chi connectivity index (χ3v) is 3.55. The van der Waals surface area contributed by atoms with Crippen LogP contribution in [0.2, 0.25) is 0 Å². The molecule has 1 fully saturated rings. The van der Waals surface area contributed by atoms with Crippen LogP contribution >= 0.6 is 0 Å². The number of hydrogen-bond donors (Lipinski definition) is 1. The zero-order chi connectivity index (χ0) is 11.4. The van der Waals surface area contributed by atoms with Gasteiger partial charge in [0.2, 0.25) is 0 Å². The second-order valence-corrected chi connectivity index (χ2v) is 4.74. The highest BCUT2D eigenvalue weighted by molar-refractivity contribution is 5.07. The Morgan fingerprint density at radius 1 is 1.38 bits per heavy atom. The molecule has 1 saturated heterocycles. The minimum absolute atomic E-state index is 0.705. The molecular weight excluding hydrogens is 198 g/mol. The maximum atomic E-state index is 3.67.